The third kappa shape index (κ3) is 5.55. The van der Waals surface area contributed by atoms with Crippen LogP contribution in [0.1, 0.15) is 26.3 Å². The number of hydrogen-bond acceptors (Lipinski definition) is 2. The first kappa shape index (κ1) is 17.2. The third-order valence-electron chi connectivity index (χ3n) is 3.97. The fraction of sp³-hybridized carbons (Fsp3) is 0.588. The Kier molecular flexibility index (Phi) is 6.17. The van der Waals surface area contributed by atoms with Gasteiger partial charge >= 0.3 is 0 Å². The van der Waals surface area contributed by atoms with E-state index in [4.69, 9.17) is 17.0 Å². The zero-order chi connectivity index (χ0) is 16.0. The maximum absolute atomic E-state index is 5.36. The van der Waals surface area contributed by atoms with Crippen molar-refractivity contribution < 1.29 is 9.64 Å². The Morgan fingerprint density at radius 1 is 1.18 bits per heavy atom. The molecule has 1 heterocycles. The van der Waals surface area contributed by atoms with Crippen LogP contribution in [0.15, 0.2) is 24.3 Å². The van der Waals surface area contributed by atoms with Crippen molar-refractivity contribution in [2.45, 2.75) is 26.2 Å². The highest BCUT2D eigenvalue weighted by Gasteiger charge is 2.14. The molecule has 3 N–H and O–H groups in total. The molecule has 1 saturated heterocycles. The third-order valence-corrected chi connectivity index (χ3v) is 4.22. The van der Waals surface area contributed by atoms with Gasteiger partial charge in [0.05, 0.1) is 26.3 Å². The molecule has 1 aromatic rings. The Hall–Kier alpha value is -1.17. The van der Waals surface area contributed by atoms with Gasteiger partial charge in [0, 0.05) is 5.69 Å². The van der Waals surface area contributed by atoms with E-state index in [0.717, 1.165) is 45.1 Å². The van der Waals surface area contributed by atoms with Crippen LogP contribution in [-0.4, -0.2) is 44.5 Å². The second kappa shape index (κ2) is 7.90. The van der Waals surface area contributed by atoms with Crippen LogP contribution in [0, 0.1) is 0 Å². The first-order chi connectivity index (χ1) is 10.4. The monoisotopic (exact) mass is 322 g/mol. The molecular formula is C17H28N3OS+. The van der Waals surface area contributed by atoms with Gasteiger partial charge in [-0.25, -0.2) is 0 Å². The quantitative estimate of drug-likeness (QED) is 0.728. The fourth-order valence-corrected chi connectivity index (χ4v) is 2.71. The lowest BCUT2D eigenvalue weighted by Crippen LogP contribution is -3.14. The molecule has 0 amide bonds. The molecule has 2 rings (SSSR count). The van der Waals surface area contributed by atoms with Crippen molar-refractivity contribution >= 4 is 23.0 Å². The number of thiocarbonyl (C=S) groups is 1. The number of hydrogen-bond donors (Lipinski definition) is 3. The van der Waals surface area contributed by atoms with Crippen LogP contribution >= 0.6 is 12.2 Å². The zero-order valence-electron chi connectivity index (χ0n) is 13.9. The number of quaternary nitrogens is 1. The summed E-state index contributed by atoms with van der Waals surface area (Å²) in [7, 11) is 0. The maximum Gasteiger partial charge on any atom is 0.170 e. The Bertz CT molecular complexity index is 476. The van der Waals surface area contributed by atoms with Gasteiger partial charge in [0.25, 0.3) is 0 Å². The summed E-state index contributed by atoms with van der Waals surface area (Å²) in [4.78, 5) is 1.58. The molecule has 0 aromatic heterocycles. The SMILES string of the molecule is CC(C)(C)c1ccc(NC(=S)NCC[NH+]2CCOCC2)cc1. The van der Waals surface area contributed by atoms with Gasteiger partial charge in [-0.3, -0.25) is 0 Å². The molecule has 1 fully saturated rings. The van der Waals surface area contributed by atoms with Crippen molar-refractivity contribution in [3.63, 3.8) is 0 Å². The van der Waals surface area contributed by atoms with E-state index in [1.807, 2.05) is 0 Å². The van der Waals surface area contributed by atoms with E-state index in [1.165, 1.54) is 5.56 Å². The van der Waals surface area contributed by atoms with E-state index in [-0.39, 0.29) is 5.41 Å². The second-order valence-corrected chi connectivity index (χ2v) is 7.23. The van der Waals surface area contributed by atoms with E-state index < -0.39 is 0 Å². The maximum atomic E-state index is 5.36. The highest BCUT2D eigenvalue weighted by atomic mass is 32.1. The fourth-order valence-electron chi connectivity index (χ4n) is 2.49. The van der Waals surface area contributed by atoms with Crippen LogP contribution < -0.4 is 15.5 Å². The predicted molar refractivity (Wildman–Crippen MR) is 95.7 cm³/mol. The van der Waals surface area contributed by atoms with Crippen molar-refractivity contribution in [1.29, 1.82) is 0 Å². The molecule has 1 aliphatic rings. The van der Waals surface area contributed by atoms with E-state index >= 15 is 0 Å². The molecule has 0 aliphatic carbocycles. The summed E-state index contributed by atoms with van der Waals surface area (Å²) in [5.74, 6) is 0. The molecule has 0 bridgehead atoms. The van der Waals surface area contributed by atoms with Gasteiger partial charge in [0.2, 0.25) is 0 Å². The lowest BCUT2D eigenvalue weighted by Gasteiger charge is -2.24. The van der Waals surface area contributed by atoms with Crippen molar-refractivity contribution in [1.82, 2.24) is 5.32 Å². The average Bonchev–Trinajstić information content (AvgIpc) is 2.48. The van der Waals surface area contributed by atoms with E-state index in [9.17, 15) is 0 Å². The Morgan fingerprint density at radius 2 is 1.82 bits per heavy atom. The zero-order valence-corrected chi connectivity index (χ0v) is 14.7. The lowest BCUT2D eigenvalue weighted by atomic mass is 9.87. The molecule has 0 unspecified atom stereocenters. The van der Waals surface area contributed by atoms with Crippen LogP contribution in [0.4, 0.5) is 5.69 Å². The minimum Gasteiger partial charge on any atom is -0.370 e. The van der Waals surface area contributed by atoms with Crippen LogP contribution in [0.3, 0.4) is 0 Å². The molecular weight excluding hydrogens is 294 g/mol. The molecule has 0 spiro atoms. The molecule has 5 heteroatoms. The molecule has 1 aliphatic heterocycles. The van der Waals surface area contributed by atoms with Crippen LogP contribution in [0.2, 0.25) is 0 Å². The lowest BCUT2D eigenvalue weighted by molar-refractivity contribution is -0.906. The average molecular weight is 322 g/mol. The van der Waals surface area contributed by atoms with Crippen LogP contribution in [0.25, 0.3) is 0 Å². The highest BCUT2D eigenvalue weighted by Crippen LogP contribution is 2.23. The minimum atomic E-state index is 0.179. The van der Waals surface area contributed by atoms with E-state index in [0.29, 0.717) is 5.11 Å². The first-order valence-corrected chi connectivity index (χ1v) is 8.43. The summed E-state index contributed by atoms with van der Waals surface area (Å²) in [6.07, 6.45) is 0. The van der Waals surface area contributed by atoms with Gasteiger partial charge in [0.15, 0.2) is 5.11 Å². The highest BCUT2D eigenvalue weighted by molar-refractivity contribution is 7.80. The van der Waals surface area contributed by atoms with Crippen LogP contribution in [0.5, 0.6) is 0 Å². The normalized spacial score (nSPS) is 16.3. The largest absolute Gasteiger partial charge is 0.370 e. The molecule has 122 valence electrons. The van der Waals surface area contributed by atoms with Crippen molar-refractivity contribution in [2.24, 2.45) is 0 Å². The summed E-state index contributed by atoms with van der Waals surface area (Å²) < 4.78 is 5.36. The van der Waals surface area contributed by atoms with E-state index in [1.54, 1.807) is 4.90 Å². The summed E-state index contributed by atoms with van der Waals surface area (Å²) in [6, 6.07) is 8.48. The summed E-state index contributed by atoms with van der Waals surface area (Å²) >= 11 is 5.35. The van der Waals surface area contributed by atoms with Gasteiger partial charge in [0.1, 0.15) is 13.1 Å². The molecule has 0 atom stereocenters. The minimum absolute atomic E-state index is 0.179. The molecule has 4 nitrogen and oxygen atoms in total. The topological polar surface area (TPSA) is 37.7 Å². The summed E-state index contributed by atoms with van der Waals surface area (Å²) in [6.45, 7) is 12.6. The van der Waals surface area contributed by atoms with Crippen molar-refractivity contribution in [3.8, 4) is 0 Å². The van der Waals surface area contributed by atoms with Gasteiger partial charge in [-0.15, -0.1) is 0 Å². The number of anilines is 1. The number of morpholine rings is 1. The van der Waals surface area contributed by atoms with Crippen molar-refractivity contribution in [2.75, 3.05) is 44.7 Å². The predicted octanol–water partition coefficient (Wildman–Crippen LogP) is 1.19. The van der Waals surface area contributed by atoms with Crippen molar-refractivity contribution in [3.05, 3.63) is 29.8 Å². The standard InChI is InChI=1S/C17H27N3OS/c1-17(2,3)14-4-6-15(7-5-14)19-16(22)18-8-9-20-10-12-21-13-11-20/h4-7H,8-13H2,1-3H3,(H2,18,19,22)/p+1. The number of nitrogens with one attached hydrogen (secondary N) is 3. The molecule has 0 saturated carbocycles. The number of benzene rings is 1. The number of ether oxygens (including phenoxy) is 1. The van der Waals surface area contributed by atoms with E-state index in [2.05, 4.69) is 55.7 Å². The molecule has 0 radical (unpaired) electrons. The smallest absolute Gasteiger partial charge is 0.170 e. The Morgan fingerprint density at radius 3 is 2.41 bits per heavy atom. The van der Waals surface area contributed by atoms with Crippen LogP contribution in [-0.2, 0) is 10.2 Å². The Labute approximate surface area is 139 Å². The Balaban J connectivity index is 1.72. The number of rotatable bonds is 4. The summed E-state index contributed by atoms with van der Waals surface area (Å²) in [5, 5.41) is 7.22. The summed E-state index contributed by atoms with van der Waals surface area (Å²) in [5.41, 5.74) is 2.54. The van der Waals surface area contributed by atoms with Gasteiger partial charge < -0.3 is 20.3 Å². The first-order valence-electron chi connectivity index (χ1n) is 8.02. The second-order valence-electron chi connectivity index (χ2n) is 6.82. The van der Waals surface area contributed by atoms with Gasteiger partial charge in [-0.05, 0) is 35.3 Å². The van der Waals surface area contributed by atoms with Gasteiger partial charge in [-0.1, -0.05) is 32.9 Å². The molecule has 22 heavy (non-hydrogen) atoms. The molecule has 1 aromatic carbocycles. The van der Waals surface area contributed by atoms with Gasteiger partial charge in [-0.2, -0.15) is 0 Å².